The number of oxime groups is 1. The highest BCUT2D eigenvalue weighted by atomic mass is 32.2. The highest BCUT2D eigenvalue weighted by Crippen LogP contribution is 2.51. The van der Waals surface area contributed by atoms with Crippen LogP contribution < -0.4 is 11.1 Å². The minimum atomic E-state index is -1.15. The van der Waals surface area contributed by atoms with Crippen molar-refractivity contribution in [1.29, 1.82) is 0 Å². The van der Waals surface area contributed by atoms with E-state index in [1.165, 1.54) is 16.7 Å². The lowest BCUT2D eigenvalue weighted by molar-refractivity contribution is -0.163. The number of fused-ring (bicyclic) bond motifs is 1. The number of nitrogens with one attached hydrogen (secondary N) is 1. The van der Waals surface area contributed by atoms with Crippen molar-refractivity contribution < 1.29 is 29.8 Å². The molecule has 6 N–H and O–H groups in total. The molecule has 7 atom stereocenters. The van der Waals surface area contributed by atoms with Crippen LogP contribution in [-0.2, 0) is 14.4 Å². The molecule has 0 aliphatic carbocycles. The predicted octanol–water partition coefficient (Wildman–Crippen LogP) is -1.15. The van der Waals surface area contributed by atoms with Crippen LogP contribution in [0, 0.1) is 17.8 Å². The standard InChI is InChI=1S/C20H29N5O6S/c1-8-15-14(9(2)26)19(28)25(15)16(20(29)30)17(8)32-11-3-12(22-5-11)18(27)24-6-10(4-21)13(7-24)23-31/h8-12,14-15,22,26,31H,3-7,21H2,1-2H3,(H,29,30)/b23-13+/t8-,9-,10?,11+,12+,14-,15-/m1/s1. The normalized spacial score (nSPS) is 36.6. The summed E-state index contributed by atoms with van der Waals surface area (Å²) < 4.78 is 0. The molecule has 0 bridgehead atoms. The number of nitrogens with zero attached hydrogens (tertiary/aromatic N) is 3. The molecule has 4 rings (SSSR count). The third-order valence-corrected chi connectivity index (χ3v) is 8.49. The van der Waals surface area contributed by atoms with Crippen LogP contribution >= 0.6 is 11.8 Å². The molecule has 1 unspecified atom stereocenters. The molecule has 0 spiro atoms. The summed E-state index contributed by atoms with van der Waals surface area (Å²) in [5, 5.41) is 35.3. The first-order valence-electron chi connectivity index (χ1n) is 10.8. The maximum absolute atomic E-state index is 13.0. The van der Waals surface area contributed by atoms with Crippen molar-refractivity contribution in [3.8, 4) is 0 Å². The Labute approximate surface area is 189 Å². The first kappa shape index (κ1) is 23.0. The van der Waals surface area contributed by atoms with Gasteiger partial charge in [-0.05, 0) is 13.3 Å². The van der Waals surface area contributed by atoms with E-state index >= 15 is 0 Å². The predicted molar refractivity (Wildman–Crippen MR) is 116 cm³/mol. The van der Waals surface area contributed by atoms with E-state index in [0.29, 0.717) is 36.7 Å². The number of likely N-dealkylation sites (tertiary alicyclic amines) is 1. The monoisotopic (exact) mass is 467 g/mol. The van der Waals surface area contributed by atoms with Crippen LogP contribution in [0.25, 0.3) is 0 Å². The maximum atomic E-state index is 13.0. The molecule has 0 radical (unpaired) electrons. The lowest BCUT2D eigenvalue weighted by Gasteiger charge is -2.46. The van der Waals surface area contributed by atoms with Gasteiger partial charge in [-0.15, -0.1) is 11.8 Å². The summed E-state index contributed by atoms with van der Waals surface area (Å²) in [5.74, 6) is -2.55. The van der Waals surface area contributed by atoms with E-state index in [2.05, 4.69) is 10.5 Å². The molecule has 4 aliphatic rings. The van der Waals surface area contributed by atoms with Crippen molar-refractivity contribution in [2.45, 2.75) is 43.7 Å². The quantitative estimate of drug-likeness (QED) is 0.184. The van der Waals surface area contributed by atoms with Gasteiger partial charge in [0.25, 0.3) is 0 Å². The number of thioether (sulfide) groups is 1. The molecule has 12 heteroatoms. The minimum absolute atomic E-state index is 0.00157. The molecular formula is C20H29N5O6S. The maximum Gasteiger partial charge on any atom is 0.353 e. The number of aliphatic carboxylic acids is 1. The summed E-state index contributed by atoms with van der Waals surface area (Å²) in [7, 11) is 0. The van der Waals surface area contributed by atoms with E-state index in [9.17, 15) is 24.6 Å². The first-order chi connectivity index (χ1) is 15.2. The van der Waals surface area contributed by atoms with Gasteiger partial charge < -0.3 is 36.3 Å². The van der Waals surface area contributed by atoms with E-state index < -0.39 is 24.0 Å². The van der Waals surface area contributed by atoms with Gasteiger partial charge in [0.05, 0.1) is 36.4 Å². The van der Waals surface area contributed by atoms with Gasteiger partial charge in [0, 0.05) is 41.6 Å². The van der Waals surface area contributed by atoms with Gasteiger partial charge >= 0.3 is 5.97 Å². The number of carboxylic acids is 1. The third-order valence-electron chi connectivity index (χ3n) is 6.98. The summed E-state index contributed by atoms with van der Waals surface area (Å²) in [5.41, 5.74) is 6.20. The zero-order valence-corrected chi connectivity index (χ0v) is 18.8. The number of β-lactam (4-membered cyclic amide) rings is 1. The van der Waals surface area contributed by atoms with E-state index in [0.717, 1.165) is 0 Å². The SMILES string of the molecule is C[C@@H](O)[C@H]1C(=O)N2C(C(=O)O)=C(S[C@@H]3CN[C@H](C(=O)N4C/C(=N\O)C(CN)C4)C3)[C@H](C)[C@H]12. The van der Waals surface area contributed by atoms with Crippen LogP contribution in [0.2, 0.25) is 0 Å². The zero-order chi connectivity index (χ0) is 23.3. The molecule has 176 valence electrons. The molecule has 11 nitrogen and oxygen atoms in total. The van der Waals surface area contributed by atoms with Crippen LogP contribution in [0.5, 0.6) is 0 Å². The number of carboxylic acid groups (broad SMARTS) is 1. The molecule has 4 aliphatic heterocycles. The Kier molecular flexibility index (Phi) is 6.23. The van der Waals surface area contributed by atoms with Crippen molar-refractivity contribution in [1.82, 2.24) is 15.1 Å². The molecule has 0 aromatic rings. The fraction of sp³-hybridized carbons (Fsp3) is 0.700. The van der Waals surface area contributed by atoms with Gasteiger partial charge in [-0.25, -0.2) is 4.79 Å². The number of hydrogen-bond donors (Lipinski definition) is 5. The topological polar surface area (TPSA) is 169 Å². The summed E-state index contributed by atoms with van der Waals surface area (Å²) in [6.07, 6.45) is -0.327. The molecule has 0 aromatic heterocycles. The van der Waals surface area contributed by atoms with Crippen LogP contribution in [0.3, 0.4) is 0 Å². The highest BCUT2D eigenvalue weighted by Gasteiger charge is 2.60. The molecular weight excluding hydrogens is 438 g/mol. The molecule has 0 aromatic carbocycles. The molecule has 4 heterocycles. The fourth-order valence-corrected chi connectivity index (χ4v) is 6.79. The second-order valence-electron chi connectivity index (χ2n) is 8.95. The number of amides is 2. The van der Waals surface area contributed by atoms with Gasteiger partial charge in [-0.2, -0.15) is 0 Å². The number of aliphatic hydroxyl groups is 1. The molecule has 32 heavy (non-hydrogen) atoms. The zero-order valence-electron chi connectivity index (χ0n) is 18.0. The first-order valence-corrected chi connectivity index (χ1v) is 11.7. The Hall–Kier alpha value is -2.15. The summed E-state index contributed by atoms with van der Waals surface area (Å²) in [4.78, 5) is 41.0. The van der Waals surface area contributed by atoms with E-state index in [1.807, 2.05) is 6.92 Å². The van der Waals surface area contributed by atoms with Crippen molar-refractivity contribution >= 4 is 35.3 Å². The summed E-state index contributed by atoms with van der Waals surface area (Å²) in [6.45, 7) is 4.92. The van der Waals surface area contributed by atoms with Crippen LogP contribution in [0.4, 0.5) is 0 Å². The summed E-state index contributed by atoms with van der Waals surface area (Å²) >= 11 is 1.40. The van der Waals surface area contributed by atoms with Crippen molar-refractivity contribution in [2.75, 3.05) is 26.2 Å². The van der Waals surface area contributed by atoms with Crippen molar-refractivity contribution in [3.63, 3.8) is 0 Å². The van der Waals surface area contributed by atoms with Gasteiger partial charge in [0.15, 0.2) is 0 Å². The molecule has 0 saturated carbocycles. The Bertz CT molecular complexity index is 892. The number of carbonyl (C=O) groups is 3. The number of rotatable bonds is 6. The Morgan fingerprint density at radius 3 is 2.69 bits per heavy atom. The Balaban J connectivity index is 1.44. The Morgan fingerprint density at radius 2 is 2.12 bits per heavy atom. The lowest BCUT2D eigenvalue weighted by atomic mass is 9.79. The van der Waals surface area contributed by atoms with Crippen LogP contribution in [0.15, 0.2) is 15.8 Å². The minimum Gasteiger partial charge on any atom is -0.477 e. The van der Waals surface area contributed by atoms with E-state index in [1.54, 1.807) is 11.8 Å². The number of hydrogen-bond acceptors (Lipinski definition) is 9. The average Bonchev–Trinajstić information content (AvgIpc) is 3.43. The van der Waals surface area contributed by atoms with Gasteiger partial charge in [-0.3, -0.25) is 9.59 Å². The number of carbonyl (C=O) groups excluding carboxylic acids is 2. The molecule has 3 saturated heterocycles. The number of nitrogens with two attached hydrogens (primary N) is 1. The molecule has 3 fully saturated rings. The van der Waals surface area contributed by atoms with Crippen molar-refractivity contribution in [2.24, 2.45) is 28.6 Å². The van der Waals surface area contributed by atoms with Crippen LogP contribution in [-0.4, -0.2) is 98.3 Å². The smallest absolute Gasteiger partial charge is 0.353 e. The summed E-state index contributed by atoms with van der Waals surface area (Å²) in [6, 6.07) is -0.768. The average molecular weight is 468 g/mol. The molecule has 2 amide bonds. The highest BCUT2D eigenvalue weighted by molar-refractivity contribution is 8.03. The Morgan fingerprint density at radius 1 is 1.41 bits per heavy atom. The lowest BCUT2D eigenvalue weighted by Crippen LogP contribution is -2.63. The third kappa shape index (κ3) is 3.58. The van der Waals surface area contributed by atoms with E-state index in [4.69, 9.17) is 10.9 Å². The fourth-order valence-electron chi connectivity index (χ4n) is 5.31. The van der Waals surface area contributed by atoms with Gasteiger partial charge in [0.2, 0.25) is 11.8 Å². The second kappa shape index (κ2) is 8.65. The van der Waals surface area contributed by atoms with Crippen LogP contribution in [0.1, 0.15) is 20.3 Å². The van der Waals surface area contributed by atoms with E-state index in [-0.39, 0.29) is 47.2 Å². The van der Waals surface area contributed by atoms with Crippen molar-refractivity contribution in [3.05, 3.63) is 10.6 Å². The number of aliphatic hydroxyl groups excluding tert-OH is 1. The van der Waals surface area contributed by atoms with Gasteiger partial charge in [0.1, 0.15) is 5.70 Å². The second-order valence-corrected chi connectivity index (χ2v) is 10.3. The van der Waals surface area contributed by atoms with Gasteiger partial charge in [-0.1, -0.05) is 12.1 Å². The largest absolute Gasteiger partial charge is 0.477 e.